The monoisotopic (exact) mass is 475 g/mol. The molecule has 2 aromatic rings. The average Bonchev–Trinajstić information content (AvgIpc) is 3.12. The van der Waals surface area contributed by atoms with E-state index in [-0.39, 0.29) is 22.6 Å². The van der Waals surface area contributed by atoms with E-state index < -0.39 is 5.91 Å². The van der Waals surface area contributed by atoms with E-state index in [2.05, 4.69) is 42.2 Å². The van der Waals surface area contributed by atoms with Gasteiger partial charge in [-0.2, -0.15) is 0 Å². The lowest BCUT2D eigenvalue weighted by Crippen LogP contribution is -2.53. The highest BCUT2D eigenvalue weighted by Crippen LogP contribution is 2.49. The number of benzene rings is 2. The maximum absolute atomic E-state index is 14.0. The highest BCUT2D eigenvalue weighted by Gasteiger charge is 2.54. The molecule has 1 saturated heterocycles. The van der Waals surface area contributed by atoms with Crippen LogP contribution in [0.25, 0.3) is 0 Å². The molecule has 6 heteroatoms. The van der Waals surface area contributed by atoms with Gasteiger partial charge in [-0.1, -0.05) is 49.4 Å². The van der Waals surface area contributed by atoms with Gasteiger partial charge in [0.2, 0.25) is 0 Å². The first kappa shape index (κ1) is 23.9. The van der Waals surface area contributed by atoms with Crippen LogP contribution in [0.15, 0.2) is 54.6 Å². The molecule has 3 fully saturated rings. The Morgan fingerprint density at radius 3 is 2.23 bits per heavy atom. The summed E-state index contributed by atoms with van der Waals surface area (Å²) in [4.78, 5) is 30.0. The highest BCUT2D eigenvalue weighted by molar-refractivity contribution is 6.05. The molecule has 3 amide bonds. The summed E-state index contributed by atoms with van der Waals surface area (Å²) in [5, 5.41) is 0. The Morgan fingerprint density at radius 2 is 1.63 bits per heavy atom. The second-order valence-electron chi connectivity index (χ2n) is 11.0. The van der Waals surface area contributed by atoms with Gasteiger partial charge in [0.15, 0.2) is 0 Å². The molecular formula is C29H37N3O3. The molecule has 0 aromatic heterocycles. The predicted molar refractivity (Wildman–Crippen MR) is 138 cm³/mol. The summed E-state index contributed by atoms with van der Waals surface area (Å²) in [6.07, 6.45) is 8.03. The Kier molecular flexibility index (Phi) is 6.12. The molecule has 0 atom stereocenters. The minimum absolute atomic E-state index is 0.0207. The molecule has 2 aliphatic carbocycles. The molecule has 1 heterocycles. The number of primary amides is 1. The molecule has 3 aliphatic rings. The maximum Gasteiger partial charge on any atom is 0.325 e. The first-order chi connectivity index (χ1) is 16.8. The molecule has 6 nitrogen and oxygen atoms in total. The van der Waals surface area contributed by atoms with Crippen molar-refractivity contribution in [3.8, 4) is 0 Å². The van der Waals surface area contributed by atoms with Crippen LogP contribution in [-0.2, 0) is 10.2 Å². The maximum atomic E-state index is 14.0. The van der Waals surface area contributed by atoms with E-state index >= 15 is 0 Å². The number of carbonyl (C=O) groups excluding carboxylic acids is 2. The highest BCUT2D eigenvalue weighted by atomic mass is 16.5. The number of amides is 3. The van der Waals surface area contributed by atoms with E-state index in [0.717, 1.165) is 44.9 Å². The minimum Gasteiger partial charge on any atom is -0.378 e. The number of carbonyl (C=O) groups is 2. The number of hydrogen-bond acceptors (Lipinski definition) is 3. The molecule has 1 aliphatic heterocycles. The summed E-state index contributed by atoms with van der Waals surface area (Å²) in [6, 6.07) is 17.9. The average molecular weight is 476 g/mol. The smallest absolute Gasteiger partial charge is 0.325 e. The fourth-order valence-electron chi connectivity index (χ4n) is 6.50. The van der Waals surface area contributed by atoms with E-state index in [1.165, 1.54) is 12.0 Å². The summed E-state index contributed by atoms with van der Waals surface area (Å²) >= 11 is 0. The van der Waals surface area contributed by atoms with Gasteiger partial charge in [0.1, 0.15) is 0 Å². The van der Waals surface area contributed by atoms with Gasteiger partial charge in [-0.05, 0) is 74.5 Å². The van der Waals surface area contributed by atoms with Crippen LogP contribution in [0.5, 0.6) is 0 Å². The van der Waals surface area contributed by atoms with Crippen LogP contribution in [0.2, 0.25) is 0 Å². The number of ether oxygens (including phenoxy) is 1. The number of urea groups is 1. The lowest BCUT2D eigenvalue weighted by atomic mass is 9.65. The topological polar surface area (TPSA) is 75.9 Å². The number of para-hydroxylation sites is 1. The molecule has 1 spiro atoms. The summed E-state index contributed by atoms with van der Waals surface area (Å²) in [7, 11) is 1.79. The Morgan fingerprint density at radius 1 is 0.971 bits per heavy atom. The fraction of sp³-hybridized carbons (Fsp3) is 0.517. The van der Waals surface area contributed by atoms with Gasteiger partial charge in [-0.15, -0.1) is 0 Å². The van der Waals surface area contributed by atoms with Gasteiger partial charge in [0.25, 0.3) is 5.91 Å². The van der Waals surface area contributed by atoms with Crippen molar-refractivity contribution in [2.45, 2.75) is 74.8 Å². The van der Waals surface area contributed by atoms with Gasteiger partial charge in [0, 0.05) is 13.7 Å². The van der Waals surface area contributed by atoms with Crippen molar-refractivity contribution in [1.29, 1.82) is 0 Å². The molecule has 0 radical (unpaired) electrons. The number of hydrogen-bond donors (Lipinski definition) is 1. The van der Waals surface area contributed by atoms with E-state index in [1.54, 1.807) is 24.1 Å². The van der Waals surface area contributed by atoms with Crippen molar-refractivity contribution in [1.82, 2.24) is 4.90 Å². The number of anilines is 1. The molecule has 5 rings (SSSR count). The van der Waals surface area contributed by atoms with Crippen molar-refractivity contribution in [2.75, 3.05) is 25.1 Å². The third-order valence-electron chi connectivity index (χ3n) is 9.19. The van der Waals surface area contributed by atoms with E-state index in [0.29, 0.717) is 24.3 Å². The summed E-state index contributed by atoms with van der Waals surface area (Å²) < 4.78 is 5.88. The van der Waals surface area contributed by atoms with Crippen molar-refractivity contribution < 1.29 is 14.3 Å². The Balaban J connectivity index is 1.45. The molecular weight excluding hydrogens is 438 g/mol. The minimum atomic E-state index is -0.506. The predicted octanol–water partition coefficient (Wildman–Crippen LogP) is 5.26. The first-order valence-electron chi connectivity index (χ1n) is 12.9. The van der Waals surface area contributed by atoms with Crippen LogP contribution in [0.4, 0.5) is 10.5 Å². The Bertz CT molecular complexity index is 1080. The number of nitrogens with zero attached hydrogens (tertiary/aromatic N) is 2. The van der Waals surface area contributed by atoms with Crippen LogP contribution in [0.3, 0.4) is 0 Å². The summed E-state index contributed by atoms with van der Waals surface area (Å²) in [5.41, 5.74) is 7.81. The Labute approximate surface area is 208 Å². The SMILES string of the molecule is COC1(CCN2C(=O)N(c3ccccc3C(N)=O)C[C@]23CC[C@@](C)(c2ccccc2)CC3)CCC1. The molecule has 2 saturated carbocycles. The molecule has 0 bridgehead atoms. The van der Waals surface area contributed by atoms with Crippen molar-refractivity contribution >= 4 is 17.6 Å². The molecule has 35 heavy (non-hydrogen) atoms. The zero-order valence-electron chi connectivity index (χ0n) is 21.0. The Hall–Kier alpha value is -2.86. The molecule has 2 aromatic carbocycles. The van der Waals surface area contributed by atoms with Crippen LogP contribution in [0.1, 0.15) is 74.2 Å². The van der Waals surface area contributed by atoms with Crippen molar-refractivity contribution in [2.24, 2.45) is 5.73 Å². The van der Waals surface area contributed by atoms with Crippen molar-refractivity contribution in [3.63, 3.8) is 0 Å². The van der Waals surface area contributed by atoms with E-state index in [9.17, 15) is 9.59 Å². The summed E-state index contributed by atoms with van der Waals surface area (Å²) in [5.74, 6) is -0.506. The molecule has 2 N–H and O–H groups in total. The lowest BCUT2D eigenvalue weighted by molar-refractivity contribution is -0.0835. The lowest BCUT2D eigenvalue weighted by Gasteiger charge is -2.48. The second kappa shape index (κ2) is 8.98. The zero-order chi connectivity index (χ0) is 24.7. The summed E-state index contributed by atoms with van der Waals surface area (Å²) in [6.45, 7) is 3.61. The molecule has 0 unspecified atom stereocenters. The third kappa shape index (κ3) is 4.12. The first-order valence-corrected chi connectivity index (χ1v) is 12.9. The largest absolute Gasteiger partial charge is 0.378 e. The number of nitrogens with two attached hydrogens (primary N) is 1. The standard InChI is InChI=1S/C29H37N3O3/c1-27(22-9-4-3-5-10-22)15-17-28(18-16-27)21-31(24-12-7-6-11-23(24)25(30)33)26(34)32(28)20-19-29(35-2)13-8-14-29/h3-7,9-12H,8,13-21H2,1-2H3,(H2,30,33)/t27-,28-. The zero-order valence-corrected chi connectivity index (χ0v) is 21.0. The van der Waals surface area contributed by atoms with Gasteiger partial charge in [-0.3, -0.25) is 9.69 Å². The fourth-order valence-corrected chi connectivity index (χ4v) is 6.50. The van der Waals surface area contributed by atoms with Crippen LogP contribution in [0, 0.1) is 0 Å². The number of rotatable bonds is 7. The quantitative estimate of drug-likeness (QED) is 0.594. The number of methoxy groups -OCH3 is 1. The molecule has 186 valence electrons. The van der Waals surface area contributed by atoms with Crippen LogP contribution >= 0.6 is 0 Å². The van der Waals surface area contributed by atoms with Crippen molar-refractivity contribution in [3.05, 3.63) is 65.7 Å². The van der Waals surface area contributed by atoms with Gasteiger partial charge < -0.3 is 15.4 Å². The third-order valence-corrected chi connectivity index (χ3v) is 9.19. The van der Waals surface area contributed by atoms with Crippen LogP contribution in [-0.4, -0.2) is 48.2 Å². The van der Waals surface area contributed by atoms with Gasteiger partial charge in [-0.25, -0.2) is 4.79 Å². The van der Waals surface area contributed by atoms with Gasteiger partial charge >= 0.3 is 6.03 Å². The van der Waals surface area contributed by atoms with Crippen LogP contribution < -0.4 is 10.6 Å². The van der Waals surface area contributed by atoms with Gasteiger partial charge in [0.05, 0.1) is 28.9 Å². The van der Waals surface area contributed by atoms with E-state index in [1.807, 2.05) is 12.1 Å². The van der Waals surface area contributed by atoms with E-state index in [4.69, 9.17) is 10.5 Å². The second-order valence-corrected chi connectivity index (χ2v) is 11.0. The normalized spacial score (nSPS) is 27.8.